The fraction of sp³-hybridized carbons (Fsp3) is 0.100. The maximum absolute atomic E-state index is 8.49. The lowest BCUT2D eigenvalue weighted by molar-refractivity contribution is -2.00. The number of halogens is 2. The average Bonchev–Trinajstić information content (AvgIpc) is 2.72. The molecule has 12 heteroatoms. The van der Waals surface area contributed by atoms with Crippen molar-refractivity contribution in [1.29, 1.82) is 0 Å². The van der Waals surface area contributed by atoms with Crippen molar-refractivity contribution in [3.05, 3.63) is 85.5 Å². The third-order valence-electron chi connectivity index (χ3n) is 3.85. The Bertz CT molecular complexity index is 931. The molecule has 1 aromatic carbocycles. The summed E-state index contributed by atoms with van der Waals surface area (Å²) in [6, 6.07) is 16.9. The van der Waals surface area contributed by atoms with Crippen LogP contribution in [-0.4, -0.2) is 0 Å². The molecule has 0 aliphatic rings. The van der Waals surface area contributed by atoms with Crippen molar-refractivity contribution < 1.29 is 66.9 Å². The van der Waals surface area contributed by atoms with Gasteiger partial charge in [-0.2, -0.15) is 4.57 Å². The number of hydrogen-bond donors (Lipinski definition) is 0. The predicted octanol–water partition coefficient (Wildman–Crippen LogP) is -5.93. The SMILES string of the molecule is C=Cc1ccc(-[n+]2ccc(-c3cc[n+](CC)cc3)cc2)cc1.[O-][Cl+3]([O-])([O-])[O-].[O-][Cl+3]([O-])([O-])[O-]. The molecule has 172 valence electrons. The van der Waals surface area contributed by atoms with E-state index in [2.05, 4.69) is 96.0 Å². The van der Waals surface area contributed by atoms with Gasteiger partial charge in [0.25, 0.3) is 0 Å². The highest BCUT2D eigenvalue weighted by molar-refractivity contribution is 5.61. The van der Waals surface area contributed by atoms with Crippen LogP contribution in [0.15, 0.2) is 79.9 Å². The van der Waals surface area contributed by atoms with Crippen LogP contribution in [0.5, 0.6) is 0 Å². The Morgan fingerprint density at radius 3 is 1.41 bits per heavy atom. The van der Waals surface area contributed by atoms with Gasteiger partial charge in [-0.05, 0) is 35.7 Å². The van der Waals surface area contributed by atoms with E-state index in [1.54, 1.807) is 0 Å². The third-order valence-corrected chi connectivity index (χ3v) is 3.85. The Labute approximate surface area is 188 Å². The molecule has 0 saturated heterocycles. The van der Waals surface area contributed by atoms with Crippen LogP contribution in [0.1, 0.15) is 12.5 Å². The van der Waals surface area contributed by atoms with Gasteiger partial charge in [0.15, 0.2) is 24.8 Å². The van der Waals surface area contributed by atoms with Gasteiger partial charge < -0.3 is 0 Å². The molecule has 0 atom stereocenters. The molecule has 10 nitrogen and oxygen atoms in total. The number of rotatable bonds is 4. The molecule has 0 radical (unpaired) electrons. The number of nitrogens with zero attached hydrogens (tertiary/aromatic N) is 2. The highest BCUT2D eigenvalue weighted by Crippen LogP contribution is 2.16. The molecule has 0 saturated carbocycles. The number of pyridine rings is 2. The molecule has 3 rings (SSSR count). The van der Waals surface area contributed by atoms with Crippen molar-refractivity contribution in [1.82, 2.24) is 0 Å². The van der Waals surface area contributed by atoms with Crippen LogP contribution in [-0.2, 0) is 6.54 Å². The van der Waals surface area contributed by atoms with Crippen LogP contribution in [0.4, 0.5) is 0 Å². The smallest absolute Gasteiger partial charge is 0.210 e. The second kappa shape index (κ2) is 12.5. The van der Waals surface area contributed by atoms with Crippen molar-refractivity contribution in [2.75, 3.05) is 0 Å². The van der Waals surface area contributed by atoms with E-state index in [1.165, 1.54) is 11.1 Å². The van der Waals surface area contributed by atoms with Gasteiger partial charge in [0.05, 0.1) is 0 Å². The highest BCUT2D eigenvalue weighted by atomic mass is 35.7. The lowest BCUT2D eigenvalue weighted by Gasteiger charge is -2.17. The van der Waals surface area contributed by atoms with E-state index in [1.807, 2.05) is 6.08 Å². The van der Waals surface area contributed by atoms with Crippen LogP contribution in [0.25, 0.3) is 22.9 Å². The van der Waals surface area contributed by atoms with Crippen LogP contribution in [0.2, 0.25) is 0 Å². The van der Waals surface area contributed by atoms with E-state index in [0.29, 0.717) is 0 Å². The van der Waals surface area contributed by atoms with Gasteiger partial charge in [-0.3, -0.25) is 0 Å². The second-order valence-corrected chi connectivity index (χ2v) is 7.47. The molecular formula is C20H20Cl2N2O8. The first-order valence-electron chi connectivity index (χ1n) is 8.77. The molecular weight excluding hydrogens is 467 g/mol. The number of aromatic nitrogens is 2. The summed E-state index contributed by atoms with van der Waals surface area (Å²) >= 11 is 0. The van der Waals surface area contributed by atoms with Gasteiger partial charge in [-0.1, -0.05) is 12.7 Å². The summed E-state index contributed by atoms with van der Waals surface area (Å²) in [4.78, 5) is 0. The van der Waals surface area contributed by atoms with Gasteiger partial charge in [0.1, 0.15) is 6.54 Å². The first-order valence-corrected chi connectivity index (χ1v) is 11.2. The van der Waals surface area contributed by atoms with Gasteiger partial charge in [0.2, 0.25) is 5.69 Å². The fourth-order valence-electron chi connectivity index (χ4n) is 2.43. The Kier molecular flexibility index (Phi) is 10.8. The first-order chi connectivity index (χ1) is 14.8. The minimum absolute atomic E-state index is 0.996. The van der Waals surface area contributed by atoms with Crippen molar-refractivity contribution in [3.63, 3.8) is 0 Å². The van der Waals surface area contributed by atoms with E-state index in [-0.39, 0.29) is 0 Å². The summed E-state index contributed by atoms with van der Waals surface area (Å²) in [5, 5.41) is 0. The number of hydrogen-bond acceptors (Lipinski definition) is 8. The lowest BCUT2D eigenvalue weighted by atomic mass is 10.1. The Hall–Kier alpha value is -2.48. The van der Waals surface area contributed by atoms with Crippen molar-refractivity contribution in [2.24, 2.45) is 0 Å². The summed E-state index contributed by atoms with van der Waals surface area (Å²) in [5.74, 6) is 0. The van der Waals surface area contributed by atoms with Crippen LogP contribution >= 0.6 is 0 Å². The zero-order chi connectivity index (χ0) is 24.4. The zero-order valence-corrected chi connectivity index (χ0v) is 18.3. The summed E-state index contributed by atoms with van der Waals surface area (Å²) < 4.78 is 72.2. The fourth-order valence-corrected chi connectivity index (χ4v) is 2.43. The molecule has 2 aromatic heterocycles. The van der Waals surface area contributed by atoms with Gasteiger partial charge >= 0.3 is 0 Å². The predicted molar refractivity (Wildman–Crippen MR) is 89.4 cm³/mol. The Balaban J connectivity index is 0.000000431. The number of aryl methyl sites for hydroxylation is 1. The van der Waals surface area contributed by atoms with Crippen LogP contribution in [0.3, 0.4) is 0 Å². The topological polar surface area (TPSA) is 192 Å². The molecule has 3 aromatic rings. The summed E-state index contributed by atoms with van der Waals surface area (Å²) in [7, 11) is -9.89. The normalized spacial score (nSPS) is 10.9. The molecule has 0 bridgehead atoms. The first kappa shape index (κ1) is 27.6. The Morgan fingerprint density at radius 2 is 1.06 bits per heavy atom. The minimum atomic E-state index is -4.94. The molecule has 0 spiro atoms. The van der Waals surface area contributed by atoms with Crippen LogP contribution in [0, 0.1) is 20.5 Å². The average molecular weight is 487 g/mol. The van der Waals surface area contributed by atoms with E-state index >= 15 is 0 Å². The van der Waals surface area contributed by atoms with Crippen molar-refractivity contribution in [2.45, 2.75) is 13.5 Å². The molecule has 0 unspecified atom stereocenters. The quantitative estimate of drug-likeness (QED) is 0.325. The molecule has 0 amide bonds. The third kappa shape index (κ3) is 12.4. The Morgan fingerprint density at radius 1 is 0.688 bits per heavy atom. The highest BCUT2D eigenvalue weighted by Gasteiger charge is 2.07. The maximum atomic E-state index is 8.49. The van der Waals surface area contributed by atoms with E-state index in [9.17, 15) is 0 Å². The molecule has 0 fully saturated rings. The van der Waals surface area contributed by atoms with E-state index in [4.69, 9.17) is 37.3 Å². The monoisotopic (exact) mass is 486 g/mol. The molecule has 0 N–H and O–H groups in total. The number of benzene rings is 1. The standard InChI is InChI=1S/C20H20N2.2ClHO4/c1-3-17-5-7-20(8-6-17)22-15-11-19(12-16-22)18-9-13-21(4-2)14-10-18;2*2-1(3,4)5/h3,5-16H,1,4H2,2H3;2*(H,2,3,4,5)/q+2;;/p-2. The molecule has 2 heterocycles. The molecule has 0 aliphatic carbocycles. The maximum Gasteiger partial charge on any atom is 0.210 e. The largest absolute Gasteiger partial charge is 0.222 e. The van der Waals surface area contributed by atoms with Gasteiger partial charge in [-0.15, -0.1) is 20.5 Å². The van der Waals surface area contributed by atoms with Crippen molar-refractivity contribution in [3.8, 4) is 16.8 Å². The van der Waals surface area contributed by atoms with Gasteiger partial charge in [0, 0.05) is 36.4 Å². The minimum Gasteiger partial charge on any atom is -0.222 e. The van der Waals surface area contributed by atoms with Crippen LogP contribution < -0.4 is 46.4 Å². The molecule has 32 heavy (non-hydrogen) atoms. The summed E-state index contributed by atoms with van der Waals surface area (Å²) in [5.41, 5.74) is 4.74. The van der Waals surface area contributed by atoms with Gasteiger partial charge in [-0.25, -0.2) is 41.8 Å². The summed E-state index contributed by atoms with van der Waals surface area (Å²) in [6.45, 7) is 6.92. The molecule has 0 aliphatic heterocycles. The van der Waals surface area contributed by atoms with E-state index in [0.717, 1.165) is 17.8 Å². The van der Waals surface area contributed by atoms with E-state index < -0.39 is 20.5 Å². The summed E-state index contributed by atoms with van der Waals surface area (Å²) in [6.07, 6.45) is 10.3. The lowest BCUT2D eigenvalue weighted by Crippen LogP contribution is -2.68. The zero-order valence-electron chi connectivity index (χ0n) is 16.8. The van der Waals surface area contributed by atoms with Crippen molar-refractivity contribution >= 4 is 6.08 Å². The second-order valence-electron chi connectivity index (χ2n) is 5.96.